The van der Waals surface area contributed by atoms with Crippen molar-refractivity contribution in [2.75, 3.05) is 25.5 Å². The number of carbonyl (C=O) groups excluding carboxylic acids is 1. The maximum atomic E-state index is 13.2. The fraction of sp³-hybridized carbons (Fsp3) is 0.333. The lowest BCUT2D eigenvalue weighted by Gasteiger charge is -2.31. The molecule has 2 aliphatic rings. The Morgan fingerprint density at radius 1 is 1.06 bits per heavy atom. The third-order valence-electron chi connectivity index (χ3n) is 6.75. The zero-order chi connectivity index (χ0) is 21.2. The fourth-order valence-electron chi connectivity index (χ4n) is 5.01. The second kappa shape index (κ2) is 8.64. The number of Topliss-reactive ketones (excluding diaryl/α,β-unsaturated/α-hetero) is 1. The standard InChI is InChI=1S/C27H29N3O/c1-28-26-22-9-5-6-10-23(22)29-24-17-21(27(31)25(24)26)12-11-19-13-15-30(16-14-19)18-20-7-3-2-4-8-20/h2-10,12,19H,11,13-18H2,1H3,(H,28,29). The number of nitrogens with one attached hydrogen (secondary N) is 1. The van der Waals surface area contributed by atoms with E-state index in [1.807, 2.05) is 31.3 Å². The molecule has 1 aliphatic carbocycles. The average Bonchev–Trinajstić information content (AvgIpc) is 3.13. The highest BCUT2D eigenvalue weighted by molar-refractivity contribution is 6.19. The number of hydrogen-bond acceptors (Lipinski definition) is 4. The van der Waals surface area contributed by atoms with Gasteiger partial charge in [0.05, 0.1) is 22.5 Å². The molecule has 4 nitrogen and oxygen atoms in total. The molecule has 0 amide bonds. The van der Waals surface area contributed by atoms with Crippen molar-refractivity contribution >= 4 is 22.4 Å². The van der Waals surface area contributed by atoms with Crippen molar-refractivity contribution in [2.45, 2.75) is 32.2 Å². The van der Waals surface area contributed by atoms with Crippen molar-refractivity contribution in [2.24, 2.45) is 5.92 Å². The van der Waals surface area contributed by atoms with Crippen molar-refractivity contribution in [3.63, 3.8) is 0 Å². The van der Waals surface area contributed by atoms with Gasteiger partial charge in [-0.15, -0.1) is 0 Å². The Labute approximate surface area is 184 Å². The van der Waals surface area contributed by atoms with E-state index in [0.29, 0.717) is 12.3 Å². The summed E-state index contributed by atoms with van der Waals surface area (Å²) in [5.41, 5.74) is 5.86. The summed E-state index contributed by atoms with van der Waals surface area (Å²) in [6.45, 7) is 3.30. The fourth-order valence-corrected chi connectivity index (χ4v) is 5.01. The Balaban J connectivity index is 1.25. The van der Waals surface area contributed by atoms with Gasteiger partial charge in [-0.3, -0.25) is 14.7 Å². The van der Waals surface area contributed by atoms with Crippen LogP contribution in [0.4, 0.5) is 5.69 Å². The maximum Gasteiger partial charge on any atom is 0.193 e. The largest absolute Gasteiger partial charge is 0.387 e. The number of ketones is 1. The minimum absolute atomic E-state index is 0.152. The summed E-state index contributed by atoms with van der Waals surface area (Å²) in [7, 11) is 1.89. The summed E-state index contributed by atoms with van der Waals surface area (Å²) in [5, 5.41) is 4.28. The average molecular weight is 412 g/mol. The van der Waals surface area contributed by atoms with Crippen LogP contribution in [0.1, 0.15) is 40.9 Å². The molecule has 2 aromatic carbocycles. The van der Waals surface area contributed by atoms with E-state index < -0.39 is 0 Å². The monoisotopic (exact) mass is 411 g/mol. The number of allylic oxidation sites excluding steroid dienone is 2. The molecule has 0 spiro atoms. The molecule has 158 valence electrons. The van der Waals surface area contributed by atoms with Crippen LogP contribution in [0.5, 0.6) is 0 Å². The van der Waals surface area contributed by atoms with E-state index in [2.05, 4.69) is 46.6 Å². The summed E-state index contributed by atoms with van der Waals surface area (Å²) in [4.78, 5) is 20.5. The van der Waals surface area contributed by atoms with Crippen LogP contribution < -0.4 is 5.32 Å². The summed E-state index contributed by atoms with van der Waals surface area (Å²) in [6.07, 6.45) is 6.23. The number of rotatable bonds is 5. The summed E-state index contributed by atoms with van der Waals surface area (Å²) < 4.78 is 0. The molecule has 1 fully saturated rings. The first-order valence-corrected chi connectivity index (χ1v) is 11.3. The molecule has 0 atom stereocenters. The molecule has 31 heavy (non-hydrogen) atoms. The van der Waals surface area contributed by atoms with Crippen molar-refractivity contribution in [1.29, 1.82) is 0 Å². The number of fused-ring (bicyclic) bond motifs is 2. The van der Waals surface area contributed by atoms with Crippen molar-refractivity contribution in [3.05, 3.63) is 83.1 Å². The molecule has 1 N–H and O–H groups in total. The molecule has 0 saturated carbocycles. The van der Waals surface area contributed by atoms with Crippen LogP contribution in [-0.4, -0.2) is 35.8 Å². The van der Waals surface area contributed by atoms with Gasteiger partial charge in [-0.1, -0.05) is 54.6 Å². The molecular weight excluding hydrogens is 382 g/mol. The molecule has 2 heterocycles. The van der Waals surface area contributed by atoms with Gasteiger partial charge in [-0.2, -0.15) is 0 Å². The number of piperidine rings is 1. The van der Waals surface area contributed by atoms with Gasteiger partial charge >= 0.3 is 0 Å². The van der Waals surface area contributed by atoms with E-state index in [1.165, 1.54) is 18.4 Å². The Kier molecular flexibility index (Phi) is 5.56. The number of carbonyl (C=O) groups is 1. The van der Waals surface area contributed by atoms with Gasteiger partial charge in [0.15, 0.2) is 5.78 Å². The van der Waals surface area contributed by atoms with Crippen LogP contribution in [-0.2, 0) is 13.0 Å². The Morgan fingerprint density at radius 3 is 2.58 bits per heavy atom. The predicted octanol–water partition coefficient (Wildman–Crippen LogP) is 5.24. The number of aromatic nitrogens is 1. The van der Waals surface area contributed by atoms with E-state index in [1.54, 1.807) is 0 Å². The van der Waals surface area contributed by atoms with Crippen LogP contribution in [0.15, 0.2) is 66.2 Å². The first-order valence-electron chi connectivity index (χ1n) is 11.3. The van der Waals surface area contributed by atoms with E-state index in [-0.39, 0.29) is 5.78 Å². The molecular formula is C27H29N3O. The third-order valence-corrected chi connectivity index (χ3v) is 6.75. The van der Waals surface area contributed by atoms with E-state index in [9.17, 15) is 4.79 Å². The van der Waals surface area contributed by atoms with E-state index >= 15 is 0 Å². The second-order valence-corrected chi connectivity index (χ2v) is 8.75. The molecule has 1 aromatic heterocycles. The predicted molar refractivity (Wildman–Crippen MR) is 126 cm³/mol. The summed E-state index contributed by atoms with van der Waals surface area (Å²) in [5.74, 6) is 0.811. The topological polar surface area (TPSA) is 45.2 Å². The van der Waals surface area contributed by atoms with Gasteiger partial charge in [0.2, 0.25) is 0 Å². The number of anilines is 1. The van der Waals surface area contributed by atoms with Crippen LogP contribution in [0.3, 0.4) is 0 Å². The van der Waals surface area contributed by atoms with Crippen molar-refractivity contribution in [1.82, 2.24) is 9.88 Å². The molecule has 1 saturated heterocycles. The minimum atomic E-state index is 0.152. The number of nitrogens with zero attached hydrogens (tertiary/aromatic N) is 2. The second-order valence-electron chi connectivity index (χ2n) is 8.75. The molecule has 0 radical (unpaired) electrons. The Morgan fingerprint density at radius 2 is 1.81 bits per heavy atom. The zero-order valence-electron chi connectivity index (χ0n) is 18.1. The van der Waals surface area contributed by atoms with Gasteiger partial charge in [0.25, 0.3) is 0 Å². The van der Waals surface area contributed by atoms with Gasteiger partial charge in [0, 0.05) is 31.0 Å². The molecule has 5 rings (SSSR count). The normalized spacial score (nSPS) is 18.6. The number of hydrogen-bond donors (Lipinski definition) is 1. The van der Waals surface area contributed by atoms with Gasteiger partial charge in [-0.05, 0) is 49.9 Å². The van der Waals surface area contributed by atoms with Crippen LogP contribution in [0.2, 0.25) is 0 Å². The lowest BCUT2D eigenvalue weighted by molar-refractivity contribution is 0.103. The highest BCUT2D eigenvalue weighted by Gasteiger charge is 2.30. The van der Waals surface area contributed by atoms with Gasteiger partial charge in [-0.25, -0.2) is 0 Å². The summed E-state index contributed by atoms with van der Waals surface area (Å²) in [6, 6.07) is 18.8. The zero-order valence-corrected chi connectivity index (χ0v) is 18.1. The highest BCUT2D eigenvalue weighted by Crippen LogP contribution is 2.36. The maximum absolute atomic E-state index is 13.2. The molecule has 4 heteroatoms. The Hall–Kier alpha value is -2.98. The minimum Gasteiger partial charge on any atom is -0.387 e. The lowest BCUT2D eigenvalue weighted by atomic mass is 9.92. The summed E-state index contributed by atoms with van der Waals surface area (Å²) >= 11 is 0. The quantitative estimate of drug-likeness (QED) is 0.583. The number of pyridine rings is 1. The lowest BCUT2D eigenvalue weighted by Crippen LogP contribution is -2.33. The van der Waals surface area contributed by atoms with Gasteiger partial charge in [0.1, 0.15) is 0 Å². The number of benzene rings is 2. The van der Waals surface area contributed by atoms with E-state index in [4.69, 9.17) is 4.98 Å². The third kappa shape index (κ3) is 4.00. The first kappa shape index (κ1) is 20.0. The van der Waals surface area contributed by atoms with Crippen molar-refractivity contribution < 1.29 is 4.79 Å². The first-order chi connectivity index (χ1) is 15.2. The molecule has 3 aromatic rings. The number of para-hydroxylation sites is 1. The highest BCUT2D eigenvalue weighted by atomic mass is 16.1. The molecule has 0 unspecified atom stereocenters. The van der Waals surface area contributed by atoms with E-state index in [0.717, 1.165) is 59.5 Å². The SMILES string of the molecule is CNc1c2c(nc3ccccc13)CC(=CCC1CCN(Cc3ccccc3)CC1)C2=O. The smallest absolute Gasteiger partial charge is 0.193 e. The molecule has 0 bridgehead atoms. The van der Waals surface area contributed by atoms with Crippen LogP contribution in [0, 0.1) is 5.92 Å². The van der Waals surface area contributed by atoms with Crippen LogP contribution >= 0.6 is 0 Å². The Bertz CT molecular complexity index is 1130. The van der Waals surface area contributed by atoms with Crippen LogP contribution in [0.25, 0.3) is 10.9 Å². The molecule has 1 aliphatic heterocycles. The number of likely N-dealkylation sites (tertiary alicyclic amines) is 1. The van der Waals surface area contributed by atoms with Crippen molar-refractivity contribution in [3.8, 4) is 0 Å². The van der Waals surface area contributed by atoms with Gasteiger partial charge < -0.3 is 5.32 Å².